The molecule has 2 aliphatic heterocycles. The average Bonchev–Trinajstić information content (AvgIpc) is 3.32. The lowest BCUT2D eigenvalue weighted by molar-refractivity contribution is -0.131. The second-order valence-electron chi connectivity index (χ2n) is 7.13. The summed E-state index contributed by atoms with van der Waals surface area (Å²) >= 11 is 0. The molecule has 2 aromatic carbocycles. The molecule has 0 spiro atoms. The van der Waals surface area contributed by atoms with E-state index in [0.717, 1.165) is 45.0 Å². The van der Waals surface area contributed by atoms with Gasteiger partial charge >= 0.3 is 0 Å². The number of guanidine groups is 1. The molecule has 1 N–H and O–H groups in total. The maximum absolute atomic E-state index is 12.5. The average molecular weight is 490 g/mol. The minimum Gasteiger partial charge on any atom is -0.356 e. The molecular weight excluding hydrogens is 463 g/mol. The molecule has 6 heteroatoms. The van der Waals surface area contributed by atoms with Gasteiger partial charge in [-0.3, -0.25) is 9.79 Å². The van der Waals surface area contributed by atoms with Crippen molar-refractivity contribution >= 4 is 41.5 Å². The normalized spacial score (nSPS) is 15.1. The highest BCUT2D eigenvalue weighted by molar-refractivity contribution is 14.0. The lowest BCUT2D eigenvalue weighted by Crippen LogP contribution is -2.41. The van der Waals surface area contributed by atoms with Gasteiger partial charge in [-0.25, -0.2) is 0 Å². The van der Waals surface area contributed by atoms with Gasteiger partial charge in [0.25, 0.3) is 0 Å². The first-order valence-corrected chi connectivity index (χ1v) is 9.67. The number of para-hydroxylation sites is 1. The first-order valence-electron chi connectivity index (χ1n) is 9.67. The number of halogens is 1. The number of rotatable bonds is 4. The molecule has 28 heavy (non-hydrogen) atoms. The Balaban J connectivity index is 0.00000225. The van der Waals surface area contributed by atoms with Gasteiger partial charge in [0.15, 0.2) is 5.96 Å². The molecular formula is C22H27IN4O. The second-order valence-corrected chi connectivity index (χ2v) is 7.13. The van der Waals surface area contributed by atoms with Crippen LogP contribution in [-0.2, 0) is 24.3 Å². The highest BCUT2D eigenvalue weighted by atomic mass is 127. The van der Waals surface area contributed by atoms with Gasteiger partial charge in [-0.2, -0.15) is 0 Å². The third-order valence-corrected chi connectivity index (χ3v) is 5.40. The van der Waals surface area contributed by atoms with E-state index in [9.17, 15) is 4.79 Å². The first kappa shape index (κ1) is 20.6. The quantitative estimate of drug-likeness (QED) is 0.309. The van der Waals surface area contributed by atoms with Crippen molar-refractivity contribution in [2.45, 2.75) is 32.4 Å². The molecule has 1 amide bonds. The van der Waals surface area contributed by atoms with E-state index in [4.69, 9.17) is 0 Å². The monoisotopic (exact) mass is 490 g/mol. The third kappa shape index (κ3) is 4.32. The fourth-order valence-corrected chi connectivity index (χ4v) is 3.96. The molecule has 0 atom stereocenters. The SMILES string of the molecule is CN=C(NCCCC(=O)N1Cc2ccccc2C1)N1CCc2ccccc21.I. The number of amides is 1. The van der Waals surface area contributed by atoms with Crippen molar-refractivity contribution in [1.82, 2.24) is 10.2 Å². The standard InChI is InChI=1S/C22H26N4O.HI/c1-23-22(26-14-12-17-7-4-5-10-20(17)26)24-13-6-11-21(27)25-15-18-8-2-3-9-19(18)16-25;/h2-5,7-10H,6,11-16H2,1H3,(H,23,24);1H. The highest BCUT2D eigenvalue weighted by Crippen LogP contribution is 2.27. The van der Waals surface area contributed by atoms with Gasteiger partial charge in [-0.15, -0.1) is 24.0 Å². The van der Waals surface area contributed by atoms with E-state index in [2.05, 4.69) is 51.6 Å². The summed E-state index contributed by atoms with van der Waals surface area (Å²) in [5.74, 6) is 1.12. The van der Waals surface area contributed by atoms with Crippen LogP contribution in [0.3, 0.4) is 0 Å². The summed E-state index contributed by atoms with van der Waals surface area (Å²) in [6.07, 6.45) is 2.42. The Morgan fingerprint density at radius 2 is 1.68 bits per heavy atom. The molecule has 0 fully saturated rings. The lowest BCUT2D eigenvalue weighted by atomic mass is 10.1. The van der Waals surface area contributed by atoms with Crippen LogP contribution in [0.25, 0.3) is 0 Å². The molecule has 0 bridgehead atoms. The maximum atomic E-state index is 12.5. The van der Waals surface area contributed by atoms with Gasteiger partial charge < -0.3 is 15.1 Å². The third-order valence-electron chi connectivity index (χ3n) is 5.40. The molecule has 5 nitrogen and oxygen atoms in total. The minimum atomic E-state index is 0. The summed E-state index contributed by atoms with van der Waals surface area (Å²) in [4.78, 5) is 21.1. The van der Waals surface area contributed by atoms with Gasteiger partial charge in [0.2, 0.25) is 5.91 Å². The molecule has 2 aliphatic rings. The van der Waals surface area contributed by atoms with E-state index in [1.807, 2.05) is 24.1 Å². The van der Waals surface area contributed by atoms with Crippen molar-refractivity contribution < 1.29 is 4.79 Å². The summed E-state index contributed by atoms with van der Waals surface area (Å²) < 4.78 is 0. The summed E-state index contributed by atoms with van der Waals surface area (Å²) in [5, 5.41) is 3.42. The highest BCUT2D eigenvalue weighted by Gasteiger charge is 2.23. The lowest BCUT2D eigenvalue weighted by Gasteiger charge is -2.22. The molecule has 0 aliphatic carbocycles. The van der Waals surface area contributed by atoms with Crippen molar-refractivity contribution in [2.24, 2.45) is 4.99 Å². The van der Waals surface area contributed by atoms with Crippen molar-refractivity contribution in [3.8, 4) is 0 Å². The zero-order valence-electron chi connectivity index (χ0n) is 16.2. The van der Waals surface area contributed by atoms with Gasteiger partial charge in [0.1, 0.15) is 0 Å². The summed E-state index contributed by atoms with van der Waals surface area (Å²) in [5.41, 5.74) is 5.15. The Bertz CT molecular complexity index is 842. The zero-order valence-corrected chi connectivity index (χ0v) is 18.6. The number of hydrogen-bond donors (Lipinski definition) is 1. The number of nitrogens with zero attached hydrogens (tertiary/aromatic N) is 3. The van der Waals surface area contributed by atoms with E-state index in [0.29, 0.717) is 6.42 Å². The van der Waals surface area contributed by atoms with Crippen LogP contribution in [0.2, 0.25) is 0 Å². The molecule has 4 rings (SSSR count). The Morgan fingerprint density at radius 1 is 1.04 bits per heavy atom. The number of carbonyl (C=O) groups is 1. The molecule has 2 heterocycles. The number of aliphatic imine (C=N–C) groups is 1. The molecule has 0 saturated heterocycles. The smallest absolute Gasteiger partial charge is 0.223 e. The number of nitrogens with one attached hydrogen (secondary N) is 1. The number of fused-ring (bicyclic) bond motifs is 2. The molecule has 0 aromatic heterocycles. The zero-order chi connectivity index (χ0) is 18.6. The van der Waals surface area contributed by atoms with Crippen LogP contribution in [0.5, 0.6) is 0 Å². The topological polar surface area (TPSA) is 47.9 Å². The number of hydrogen-bond acceptors (Lipinski definition) is 2. The molecule has 0 unspecified atom stereocenters. The van der Waals surface area contributed by atoms with Crippen LogP contribution in [-0.4, -0.2) is 36.9 Å². The number of benzene rings is 2. The van der Waals surface area contributed by atoms with Gasteiger partial charge in [0.05, 0.1) is 0 Å². The van der Waals surface area contributed by atoms with E-state index >= 15 is 0 Å². The Kier molecular flexibility index (Phi) is 6.93. The maximum Gasteiger partial charge on any atom is 0.223 e. The fraction of sp³-hybridized carbons (Fsp3) is 0.364. The van der Waals surface area contributed by atoms with E-state index in [1.54, 1.807) is 0 Å². The molecule has 2 aromatic rings. The summed E-state index contributed by atoms with van der Waals surface area (Å²) in [6, 6.07) is 16.8. The van der Waals surface area contributed by atoms with Gasteiger partial charge in [0, 0.05) is 45.3 Å². The molecule has 148 valence electrons. The molecule has 0 radical (unpaired) electrons. The van der Waals surface area contributed by atoms with E-state index < -0.39 is 0 Å². The predicted molar refractivity (Wildman–Crippen MR) is 124 cm³/mol. The largest absolute Gasteiger partial charge is 0.356 e. The predicted octanol–water partition coefficient (Wildman–Crippen LogP) is 3.57. The van der Waals surface area contributed by atoms with Crippen LogP contribution in [0, 0.1) is 0 Å². The van der Waals surface area contributed by atoms with Gasteiger partial charge in [-0.05, 0) is 35.6 Å². The summed E-state index contributed by atoms with van der Waals surface area (Å²) in [7, 11) is 1.82. The van der Waals surface area contributed by atoms with Gasteiger partial charge in [-0.1, -0.05) is 42.5 Å². The van der Waals surface area contributed by atoms with E-state index in [-0.39, 0.29) is 29.9 Å². The van der Waals surface area contributed by atoms with Crippen molar-refractivity contribution in [3.05, 3.63) is 65.2 Å². The van der Waals surface area contributed by atoms with Crippen LogP contribution in [0.15, 0.2) is 53.5 Å². The first-order chi connectivity index (χ1) is 13.3. The van der Waals surface area contributed by atoms with Crippen LogP contribution in [0.1, 0.15) is 29.5 Å². The Morgan fingerprint density at radius 3 is 2.36 bits per heavy atom. The van der Waals surface area contributed by atoms with Crippen molar-refractivity contribution in [2.75, 3.05) is 25.0 Å². The fourth-order valence-electron chi connectivity index (χ4n) is 3.96. The van der Waals surface area contributed by atoms with Crippen LogP contribution >= 0.6 is 24.0 Å². The summed E-state index contributed by atoms with van der Waals surface area (Å²) in [6.45, 7) is 3.19. The van der Waals surface area contributed by atoms with Crippen molar-refractivity contribution in [3.63, 3.8) is 0 Å². The second kappa shape index (κ2) is 9.41. The Hall–Kier alpha value is -2.09. The Labute approximate surface area is 183 Å². The van der Waals surface area contributed by atoms with Crippen LogP contribution in [0.4, 0.5) is 5.69 Å². The number of anilines is 1. The number of carbonyl (C=O) groups excluding carboxylic acids is 1. The molecule has 0 saturated carbocycles. The minimum absolute atomic E-state index is 0. The van der Waals surface area contributed by atoms with Crippen molar-refractivity contribution in [1.29, 1.82) is 0 Å². The van der Waals surface area contributed by atoms with Crippen LogP contribution < -0.4 is 10.2 Å². The van der Waals surface area contributed by atoms with E-state index in [1.165, 1.54) is 22.4 Å².